The number of rotatable bonds is 3. The summed E-state index contributed by atoms with van der Waals surface area (Å²) < 4.78 is 5.33. The fraction of sp³-hybridized carbons (Fsp3) is 0.444. The van der Waals surface area contributed by atoms with Crippen molar-refractivity contribution in [1.29, 1.82) is 0 Å². The van der Waals surface area contributed by atoms with Gasteiger partial charge in [0.25, 0.3) is 0 Å². The average molecular weight is 299 g/mol. The summed E-state index contributed by atoms with van der Waals surface area (Å²) >= 11 is 0. The Morgan fingerprint density at radius 3 is 2.91 bits per heavy atom. The SMILES string of the molecule is CCc1ccc2oc(=O)c(C=O)c(N3CCCC(C)C3)c2c1. The van der Waals surface area contributed by atoms with Crippen LogP contribution in [0.15, 0.2) is 27.4 Å². The van der Waals surface area contributed by atoms with Gasteiger partial charge >= 0.3 is 5.63 Å². The van der Waals surface area contributed by atoms with E-state index >= 15 is 0 Å². The van der Waals surface area contributed by atoms with Crippen molar-refractivity contribution in [1.82, 2.24) is 0 Å². The Labute approximate surface area is 129 Å². The van der Waals surface area contributed by atoms with Gasteiger partial charge in [0, 0.05) is 18.5 Å². The van der Waals surface area contributed by atoms with Crippen LogP contribution in [-0.2, 0) is 6.42 Å². The molecule has 2 aromatic rings. The Morgan fingerprint density at radius 1 is 1.41 bits per heavy atom. The number of hydrogen-bond donors (Lipinski definition) is 0. The zero-order valence-corrected chi connectivity index (χ0v) is 13.1. The first kappa shape index (κ1) is 14.8. The van der Waals surface area contributed by atoms with E-state index in [0.717, 1.165) is 37.0 Å². The van der Waals surface area contributed by atoms with Crippen LogP contribution in [0.3, 0.4) is 0 Å². The number of fused-ring (bicyclic) bond motifs is 1. The summed E-state index contributed by atoms with van der Waals surface area (Å²) in [5, 5.41) is 0.871. The predicted octanol–water partition coefficient (Wildman–Crippen LogP) is 3.40. The largest absolute Gasteiger partial charge is 0.422 e. The number of aryl methyl sites for hydroxylation is 1. The molecule has 0 N–H and O–H groups in total. The molecule has 1 atom stereocenters. The Bertz CT molecular complexity index is 763. The first-order valence-electron chi connectivity index (χ1n) is 7.94. The van der Waals surface area contributed by atoms with Gasteiger partial charge in [-0.15, -0.1) is 0 Å². The fourth-order valence-corrected chi connectivity index (χ4v) is 3.30. The maximum Gasteiger partial charge on any atom is 0.349 e. The summed E-state index contributed by atoms with van der Waals surface area (Å²) in [5.41, 5.74) is 2.09. The molecular weight excluding hydrogens is 278 g/mol. The van der Waals surface area contributed by atoms with Gasteiger partial charge in [0.1, 0.15) is 11.1 Å². The van der Waals surface area contributed by atoms with Crippen LogP contribution < -0.4 is 10.5 Å². The minimum atomic E-state index is -0.542. The predicted molar refractivity (Wildman–Crippen MR) is 87.9 cm³/mol. The molecule has 0 radical (unpaired) electrons. The molecule has 22 heavy (non-hydrogen) atoms. The first-order chi connectivity index (χ1) is 10.6. The molecule has 0 spiro atoms. The van der Waals surface area contributed by atoms with Crippen molar-refractivity contribution >= 4 is 22.9 Å². The zero-order valence-electron chi connectivity index (χ0n) is 13.1. The Hall–Kier alpha value is -2.10. The summed E-state index contributed by atoms with van der Waals surface area (Å²) in [6.07, 6.45) is 3.81. The zero-order chi connectivity index (χ0) is 15.7. The van der Waals surface area contributed by atoms with Gasteiger partial charge in [0.05, 0.1) is 5.69 Å². The van der Waals surface area contributed by atoms with Crippen LogP contribution in [0, 0.1) is 5.92 Å². The van der Waals surface area contributed by atoms with Gasteiger partial charge in [-0.05, 0) is 42.9 Å². The van der Waals surface area contributed by atoms with Crippen LogP contribution in [-0.4, -0.2) is 19.4 Å². The molecule has 0 aliphatic carbocycles. The lowest BCUT2D eigenvalue weighted by Crippen LogP contribution is -2.36. The standard InChI is InChI=1S/C18H21NO3/c1-3-13-6-7-16-14(9-13)17(15(11-20)18(21)22-16)19-8-4-5-12(2)10-19/h6-7,9,11-12H,3-5,8,10H2,1-2H3. The van der Waals surface area contributed by atoms with Crippen molar-refractivity contribution in [3.05, 3.63) is 39.7 Å². The molecule has 1 aliphatic rings. The van der Waals surface area contributed by atoms with E-state index in [1.54, 1.807) is 0 Å². The number of nitrogens with zero attached hydrogens (tertiary/aromatic N) is 1. The molecule has 0 amide bonds. The van der Waals surface area contributed by atoms with E-state index in [1.807, 2.05) is 18.2 Å². The van der Waals surface area contributed by atoms with E-state index in [1.165, 1.54) is 12.0 Å². The van der Waals surface area contributed by atoms with Gasteiger partial charge in [-0.1, -0.05) is 19.9 Å². The topological polar surface area (TPSA) is 50.5 Å². The minimum Gasteiger partial charge on any atom is -0.422 e. The molecule has 2 heterocycles. The third kappa shape index (κ3) is 2.54. The molecule has 1 aliphatic heterocycles. The fourth-order valence-electron chi connectivity index (χ4n) is 3.30. The molecular formula is C18H21NO3. The lowest BCUT2D eigenvalue weighted by molar-refractivity contribution is 0.112. The van der Waals surface area contributed by atoms with E-state index in [9.17, 15) is 9.59 Å². The van der Waals surface area contributed by atoms with E-state index in [2.05, 4.69) is 18.7 Å². The first-order valence-corrected chi connectivity index (χ1v) is 7.94. The maximum absolute atomic E-state index is 12.1. The highest BCUT2D eigenvalue weighted by Gasteiger charge is 2.24. The number of carbonyl (C=O) groups is 1. The van der Waals surface area contributed by atoms with Crippen LogP contribution >= 0.6 is 0 Å². The number of hydrogen-bond acceptors (Lipinski definition) is 4. The van der Waals surface area contributed by atoms with E-state index in [0.29, 0.717) is 17.8 Å². The van der Waals surface area contributed by atoms with Crippen LogP contribution in [0.4, 0.5) is 5.69 Å². The molecule has 1 saturated heterocycles. The van der Waals surface area contributed by atoms with Gasteiger partial charge in [-0.2, -0.15) is 0 Å². The van der Waals surface area contributed by atoms with Gasteiger partial charge in [0.15, 0.2) is 6.29 Å². The monoisotopic (exact) mass is 299 g/mol. The minimum absolute atomic E-state index is 0.148. The second-order valence-electron chi connectivity index (χ2n) is 6.15. The molecule has 1 unspecified atom stereocenters. The van der Waals surface area contributed by atoms with Gasteiger partial charge in [-0.3, -0.25) is 4.79 Å². The molecule has 4 heteroatoms. The van der Waals surface area contributed by atoms with Crippen molar-refractivity contribution in [3.8, 4) is 0 Å². The molecule has 4 nitrogen and oxygen atoms in total. The summed E-state index contributed by atoms with van der Waals surface area (Å²) in [6.45, 7) is 6.04. The van der Waals surface area contributed by atoms with Crippen molar-refractivity contribution in [3.63, 3.8) is 0 Å². The second-order valence-corrected chi connectivity index (χ2v) is 6.15. The van der Waals surface area contributed by atoms with Crippen LogP contribution in [0.2, 0.25) is 0 Å². The molecule has 116 valence electrons. The third-order valence-electron chi connectivity index (χ3n) is 4.48. The summed E-state index contributed by atoms with van der Waals surface area (Å²) in [4.78, 5) is 25.8. The molecule has 1 fully saturated rings. The summed E-state index contributed by atoms with van der Waals surface area (Å²) in [7, 11) is 0. The van der Waals surface area contributed by atoms with E-state index < -0.39 is 5.63 Å². The van der Waals surface area contributed by atoms with Crippen LogP contribution in [0.25, 0.3) is 11.0 Å². The van der Waals surface area contributed by atoms with Gasteiger partial charge < -0.3 is 9.32 Å². The van der Waals surface area contributed by atoms with Gasteiger partial charge in [-0.25, -0.2) is 4.79 Å². The molecule has 1 aromatic heterocycles. The number of benzene rings is 1. The lowest BCUT2D eigenvalue weighted by atomic mass is 9.97. The quantitative estimate of drug-likeness (QED) is 0.644. The molecule has 3 rings (SSSR count). The van der Waals surface area contributed by atoms with Crippen LogP contribution in [0.5, 0.6) is 0 Å². The average Bonchev–Trinajstić information content (AvgIpc) is 2.53. The smallest absolute Gasteiger partial charge is 0.349 e. The van der Waals surface area contributed by atoms with E-state index in [4.69, 9.17) is 4.42 Å². The van der Waals surface area contributed by atoms with Gasteiger partial charge in [0.2, 0.25) is 0 Å². The highest BCUT2D eigenvalue weighted by Crippen LogP contribution is 2.32. The number of piperidine rings is 1. The highest BCUT2D eigenvalue weighted by atomic mass is 16.4. The van der Waals surface area contributed by atoms with Crippen molar-refractivity contribution in [2.75, 3.05) is 18.0 Å². The lowest BCUT2D eigenvalue weighted by Gasteiger charge is -2.34. The summed E-state index contributed by atoms with van der Waals surface area (Å²) in [6, 6.07) is 5.84. The van der Waals surface area contributed by atoms with Crippen molar-refractivity contribution in [2.24, 2.45) is 5.92 Å². The second kappa shape index (κ2) is 5.95. The maximum atomic E-state index is 12.1. The number of carbonyl (C=O) groups excluding carboxylic acids is 1. The van der Waals surface area contributed by atoms with Crippen molar-refractivity contribution in [2.45, 2.75) is 33.1 Å². The normalized spacial score (nSPS) is 18.6. The Morgan fingerprint density at radius 2 is 2.23 bits per heavy atom. The highest BCUT2D eigenvalue weighted by molar-refractivity contribution is 5.99. The van der Waals surface area contributed by atoms with Crippen molar-refractivity contribution < 1.29 is 9.21 Å². The molecule has 1 aromatic carbocycles. The Balaban J connectivity index is 2.27. The Kier molecular flexibility index (Phi) is 4.01. The molecule has 0 saturated carbocycles. The molecule has 0 bridgehead atoms. The number of anilines is 1. The van der Waals surface area contributed by atoms with E-state index in [-0.39, 0.29) is 5.56 Å². The number of aldehydes is 1. The van der Waals surface area contributed by atoms with Crippen LogP contribution in [0.1, 0.15) is 42.6 Å². The third-order valence-corrected chi connectivity index (χ3v) is 4.48. The summed E-state index contributed by atoms with van der Waals surface area (Å²) in [5.74, 6) is 0.560.